The summed E-state index contributed by atoms with van der Waals surface area (Å²) in [6.07, 6.45) is 5.34. The molecule has 1 amide bonds. The molecule has 2 unspecified atom stereocenters. The van der Waals surface area contributed by atoms with E-state index >= 15 is 0 Å². The van der Waals surface area contributed by atoms with Crippen molar-refractivity contribution < 1.29 is 9.59 Å². The normalized spacial score (nSPS) is 27.4. The van der Waals surface area contributed by atoms with Crippen LogP contribution in [0.2, 0.25) is 0 Å². The van der Waals surface area contributed by atoms with Gasteiger partial charge in [0.2, 0.25) is 5.91 Å². The molecule has 2 aliphatic rings. The first kappa shape index (κ1) is 10.6. The fourth-order valence-corrected chi connectivity index (χ4v) is 3.15. The summed E-state index contributed by atoms with van der Waals surface area (Å²) in [5.74, 6) is -0.519. The molecule has 0 radical (unpaired) electrons. The Labute approximate surface area is 99.8 Å². The Morgan fingerprint density at radius 3 is 3.06 bits per heavy atom. The van der Waals surface area contributed by atoms with Crippen LogP contribution in [0.5, 0.6) is 0 Å². The SMILES string of the molecule is NC(=O)C1CC(=O)C2CCCc3ccn(c32)C1. The van der Waals surface area contributed by atoms with Crippen LogP contribution >= 0.6 is 0 Å². The first-order chi connectivity index (χ1) is 8.16. The number of aromatic nitrogens is 1. The van der Waals surface area contributed by atoms with Crippen LogP contribution < -0.4 is 5.73 Å². The molecule has 0 saturated carbocycles. The molecule has 2 heterocycles. The summed E-state index contributed by atoms with van der Waals surface area (Å²) in [5.41, 5.74) is 7.78. The highest BCUT2D eigenvalue weighted by molar-refractivity contribution is 5.91. The Bertz CT molecular complexity index is 490. The molecule has 1 aromatic heterocycles. The number of hydrogen-bond donors (Lipinski definition) is 1. The van der Waals surface area contributed by atoms with Gasteiger partial charge >= 0.3 is 0 Å². The van der Waals surface area contributed by atoms with Crippen LogP contribution in [0.3, 0.4) is 0 Å². The third kappa shape index (κ3) is 1.59. The topological polar surface area (TPSA) is 65.1 Å². The molecule has 90 valence electrons. The number of hydrogen-bond acceptors (Lipinski definition) is 2. The molecule has 0 spiro atoms. The lowest BCUT2D eigenvalue weighted by Gasteiger charge is -2.21. The summed E-state index contributed by atoms with van der Waals surface area (Å²) in [6.45, 7) is 0.562. The summed E-state index contributed by atoms with van der Waals surface area (Å²) in [5, 5.41) is 0. The number of ketones is 1. The van der Waals surface area contributed by atoms with Gasteiger partial charge in [0, 0.05) is 24.9 Å². The van der Waals surface area contributed by atoms with Gasteiger partial charge in [-0.1, -0.05) is 0 Å². The van der Waals surface area contributed by atoms with Crippen LogP contribution in [0.25, 0.3) is 0 Å². The zero-order valence-electron chi connectivity index (χ0n) is 9.69. The average Bonchev–Trinajstić information content (AvgIpc) is 2.64. The predicted octanol–water partition coefficient (Wildman–Crippen LogP) is 0.982. The van der Waals surface area contributed by atoms with Crippen molar-refractivity contribution in [2.45, 2.75) is 38.1 Å². The number of nitrogens with two attached hydrogens (primary N) is 1. The number of rotatable bonds is 1. The Morgan fingerprint density at radius 2 is 2.29 bits per heavy atom. The Balaban J connectivity index is 2.07. The monoisotopic (exact) mass is 232 g/mol. The summed E-state index contributed by atoms with van der Waals surface area (Å²) in [4.78, 5) is 23.5. The largest absolute Gasteiger partial charge is 0.369 e. The molecule has 2 atom stereocenters. The standard InChI is InChI=1S/C13H16N2O2/c14-13(17)9-6-11(16)10-3-1-2-8-4-5-15(7-9)12(8)10/h4-5,9-10H,1-3,6-7H2,(H2,14,17). The van der Waals surface area contributed by atoms with Crippen molar-refractivity contribution in [1.82, 2.24) is 4.57 Å². The lowest BCUT2D eigenvalue weighted by Crippen LogP contribution is -2.28. The maximum atomic E-state index is 12.2. The number of primary amides is 1. The van der Waals surface area contributed by atoms with Crippen molar-refractivity contribution in [2.75, 3.05) is 0 Å². The second-order valence-electron chi connectivity index (χ2n) is 5.09. The molecule has 1 aliphatic heterocycles. The van der Waals surface area contributed by atoms with E-state index in [9.17, 15) is 9.59 Å². The lowest BCUT2D eigenvalue weighted by atomic mass is 9.83. The van der Waals surface area contributed by atoms with E-state index in [0.29, 0.717) is 13.0 Å². The van der Waals surface area contributed by atoms with Crippen LogP contribution in [0.15, 0.2) is 12.3 Å². The van der Waals surface area contributed by atoms with Crippen LogP contribution in [0.4, 0.5) is 0 Å². The molecule has 0 fully saturated rings. The second-order valence-corrected chi connectivity index (χ2v) is 5.09. The highest BCUT2D eigenvalue weighted by Crippen LogP contribution is 2.37. The highest BCUT2D eigenvalue weighted by Gasteiger charge is 2.35. The van der Waals surface area contributed by atoms with Gasteiger partial charge in [-0.15, -0.1) is 0 Å². The summed E-state index contributed by atoms with van der Waals surface area (Å²) in [7, 11) is 0. The van der Waals surface area contributed by atoms with Gasteiger partial charge in [-0.05, 0) is 30.9 Å². The molecular formula is C13H16N2O2. The maximum Gasteiger partial charge on any atom is 0.222 e. The van der Waals surface area contributed by atoms with E-state index in [1.807, 2.05) is 6.20 Å². The molecule has 3 rings (SSSR count). The third-order valence-electron chi connectivity index (χ3n) is 4.02. The summed E-state index contributed by atoms with van der Waals surface area (Å²) >= 11 is 0. The summed E-state index contributed by atoms with van der Waals surface area (Å²) < 4.78 is 2.07. The minimum Gasteiger partial charge on any atom is -0.369 e. The smallest absolute Gasteiger partial charge is 0.222 e. The third-order valence-corrected chi connectivity index (χ3v) is 4.02. The fourth-order valence-electron chi connectivity index (χ4n) is 3.15. The molecule has 0 bridgehead atoms. The molecule has 4 nitrogen and oxygen atoms in total. The molecular weight excluding hydrogens is 216 g/mol. The van der Waals surface area contributed by atoms with Gasteiger partial charge in [0.25, 0.3) is 0 Å². The molecule has 0 saturated heterocycles. The minimum absolute atomic E-state index is 0.00176. The number of carbonyl (C=O) groups is 2. The summed E-state index contributed by atoms with van der Waals surface area (Å²) in [6, 6.07) is 2.08. The molecule has 1 aromatic rings. The fraction of sp³-hybridized carbons (Fsp3) is 0.538. The van der Waals surface area contributed by atoms with Crippen molar-refractivity contribution in [3.63, 3.8) is 0 Å². The van der Waals surface area contributed by atoms with Gasteiger partial charge in [0.1, 0.15) is 5.78 Å². The van der Waals surface area contributed by atoms with Crippen molar-refractivity contribution in [3.05, 3.63) is 23.5 Å². The predicted molar refractivity (Wildman–Crippen MR) is 62.4 cm³/mol. The van der Waals surface area contributed by atoms with Gasteiger partial charge in [0.15, 0.2) is 0 Å². The van der Waals surface area contributed by atoms with E-state index in [1.54, 1.807) is 0 Å². The highest BCUT2D eigenvalue weighted by atomic mass is 16.1. The van der Waals surface area contributed by atoms with E-state index in [-0.39, 0.29) is 23.5 Å². The Hall–Kier alpha value is -1.58. The van der Waals surface area contributed by atoms with Crippen molar-refractivity contribution >= 4 is 11.7 Å². The zero-order valence-corrected chi connectivity index (χ0v) is 9.69. The number of amides is 1. The van der Waals surface area contributed by atoms with Crippen LogP contribution in [-0.2, 0) is 22.6 Å². The van der Waals surface area contributed by atoms with Crippen molar-refractivity contribution in [3.8, 4) is 0 Å². The molecule has 17 heavy (non-hydrogen) atoms. The van der Waals surface area contributed by atoms with Crippen LogP contribution in [-0.4, -0.2) is 16.3 Å². The maximum absolute atomic E-state index is 12.2. The first-order valence-electron chi connectivity index (χ1n) is 6.16. The second kappa shape index (κ2) is 3.72. The van der Waals surface area contributed by atoms with Gasteiger partial charge in [0.05, 0.1) is 11.8 Å². The zero-order chi connectivity index (χ0) is 12.0. The number of Topliss-reactive ketones (excluding diaryl/α,β-unsaturated/α-hetero) is 1. The average molecular weight is 232 g/mol. The van der Waals surface area contributed by atoms with Crippen molar-refractivity contribution in [1.29, 1.82) is 0 Å². The lowest BCUT2D eigenvalue weighted by molar-refractivity contribution is -0.128. The molecule has 2 N–H and O–H groups in total. The van der Waals surface area contributed by atoms with Gasteiger partial charge in [-0.25, -0.2) is 0 Å². The van der Waals surface area contributed by atoms with Gasteiger partial charge in [-0.3, -0.25) is 9.59 Å². The van der Waals surface area contributed by atoms with E-state index in [1.165, 1.54) is 5.56 Å². The Kier molecular flexibility index (Phi) is 2.31. The van der Waals surface area contributed by atoms with E-state index in [0.717, 1.165) is 25.0 Å². The van der Waals surface area contributed by atoms with E-state index < -0.39 is 0 Å². The quantitative estimate of drug-likeness (QED) is 0.784. The number of carbonyl (C=O) groups excluding carboxylic acids is 2. The van der Waals surface area contributed by atoms with Crippen LogP contribution in [0.1, 0.15) is 36.4 Å². The van der Waals surface area contributed by atoms with Crippen LogP contribution in [0, 0.1) is 5.92 Å². The molecule has 4 heteroatoms. The van der Waals surface area contributed by atoms with Gasteiger partial charge < -0.3 is 10.3 Å². The minimum atomic E-state index is -0.362. The van der Waals surface area contributed by atoms with Crippen molar-refractivity contribution in [2.24, 2.45) is 11.7 Å². The molecule has 0 aromatic carbocycles. The van der Waals surface area contributed by atoms with E-state index in [2.05, 4.69) is 10.6 Å². The Morgan fingerprint density at radius 1 is 1.47 bits per heavy atom. The first-order valence-corrected chi connectivity index (χ1v) is 6.16. The molecule has 1 aliphatic carbocycles. The van der Waals surface area contributed by atoms with Gasteiger partial charge in [-0.2, -0.15) is 0 Å². The number of aryl methyl sites for hydroxylation is 1. The van der Waals surface area contributed by atoms with E-state index in [4.69, 9.17) is 5.73 Å². The number of nitrogens with zero attached hydrogens (tertiary/aromatic N) is 1.